The van der Waals surface area contributed by atoms with Gasteiger partial charge >= 0.3 is 0 Å². The van der Waals surface area contributed by atoms with Gasteiger partial charge in [0.05, 0.1) is 14.2 Å². The van der Waals surface area contributed by atoms with Gasteiger partial charge in [-0.2, -0.15) is 0 Å². The van der Waals surface area contributed by atoms with Gasteiger partial charge < -0.3 is 19.5 Å². The lowest BCUT2D eigenvalue weighted by Crippen LogP contribution is -2.29. The van der Waals surface area contributed by atoms with E-state index in [1.165, 1.54) is 0 Å². The number of hydrogen-bond donors (Lipinski definition) is 1. The summed E-state index contributed by atoms with van der Waals surface area (Å²) in [6.07, 6.45) is -0.500. The van der Waals surface area contributed by atoms with Crippen molar-refractivity contribution in [2.45, 2.75) is 33.8 Å². The third-order valence-corrected chi connectivity index (χ3v) is 3.04. The maximum Gasteiger partial charge on any atom is 0.253 e. The number of hydrogen-bond acceptors (Lipinski definition) is 4. The molecule has 0 spiro atoms. The molecule has 0 aromatic heterocycles. The summed E-state index contributed by atoms with van der Waals surface area (Å²) in [6, 6.07) is 3.58. The van der Waals surface area contributed by atoms with Gasteiger partial charge in [-0.15, -0.1) is 0 Å². The number of carbonyl (C=O) groups is 1. The number of anilines is 1. The summed E-state index contributed by atoms with van der Waals surface area (Å²) >= 11 is 0. The van der Waals surface area contributed by atoms with Gasteiger partial charge in [0.25, 0.3) is 5.91 Å². The van der Waals surface area contributed by atoms with Gasteiger partial charge in [0.1, 0.15) is 6.10 Å². The van der Waals surface area contributed by atoms with Crippen molar-refractivity contribution in [3.63, 3.8) is 0 Å². The largest absolute Gasteiger partial charge is 0.493 e. The molecule has 1 rings (SSSR count). The average Bonchev–Trinajstić information content (AvgIpc) is 2.45. The van der Waals surface area contributed by atoms with Crippen LogP contribution in [0.25, 0.3) is 0 Å². The third kappa shape index (κ3) is 4.93. The molecule has 0 radical (unpaired) electrons. The van der Waals surface area contributed by atoms with Crippen molar-refractivity contribution in [2.75, 3.05) is 26.1 Å². The first kappa shape index (κ1) is 17.3. The van der Waals surface area contributed by atoms with Crippen LogP contribution in [0.1, 0.15) is 26.3 Å². The highest BCUT2D eigenvalue weighted by atomic mass is 16.5. The van der Waals surface area contributed by atoms with Gasteiger partial charge in [-0.3, -0.25) is 4.79 Å². The van der Waals surface area contributed by atoms with Crippen LogP contribution in [0, 0.1) is 12.8 Å². The number of aryl methyl sites for hydroxylation is 1. The van der Waals surface area contributed by atoms with E-state index in [2.05, 4.69) is 5.32 Å². The minimum absolute atomic E-state index is 0.175. The molecule has 0 aliphatic carbocycles. The number of amides is 1. The molecule has 0 heterocycles. The molecule has 5 nitrogen and oxygen atoms in total. The van der Waals surface area contributed by atoms with Gasteiger partial charge in [0.2, 0.25) is 0 Å². The molecular formula is C16H25NO4. The number of rotatable bonds is 7. The Kier molecular flexibility index (Phi) is 6.49. The fraction of sp³-hybridized carbons (Fsp3) is 0.562. The fourth-order valence-electron chi connectivity index (χ4n) is 1.76. The summed E-state index contributed by atoms with van der Waals surface area (Å²) in [5, 5.41) is 2.86. The topological polar surface area (TPSA) is 56.8 Å². The molecular weight excluding hydrogens is 270 g/mol. The molecule has 1 amide bonds. The first-order chi connectivity index (χ1) is 9.88. The van der Waals surface area contributed by atoms with E-state index in [0.29, 0.717) is 29.7 Å². The number of carbonyl (C=O) groups excluding carboxylic acids is 1. The Morgan fingerprint density at radius 2 is 1.71 bits per heavy atom. The maximum absolute atomic E-state index is 12.1. The Labute approximate surface area is 126 Å². The SMILES string of the molecule is COc1cc(C)c(NC(=O)[C@H](C)OCC(C)C)cc1OC. The van der Waals surface area contributed by atoms with Gasteiger partial charge in [-0.1, -0.05) is 13.8 Å². The van der Waals surface area contributed by atoms with Crippen LogP contribution in [-0.2, 0) is 9.53 Å². The highest BCUT2D eigenvalue weighted by Crippen LogP contribution is 2.32. The van der Waals surface area contributed by atoms with Crippen LogP contribution in [0.2, 0.25) is 0 Å². The molecule has 0 aliphatic rings. The lowest BCUT2D eigenvalue weighted by atomic mass is 10.1. The molecule has 0 fully saturated rings. The Bertz CT molecular complexity index is 485. The third-order valence-electron chi connectivity index (χ3n) is 3.04. The molecule has 0 unspecified atom stereocenters. The molecule has 21 heavy (non-hydrogen) atoms. The van der Waals surface area contributed by atoms with Crippen molar-refractivity contribution in [2.24, 2.45) is 5.92 Å². The minimum Gasteiger partial charge on any atom is -0.493 e. The summed E-state index contributed by atoms with van der Waals surface area (Å²) in [6.45, 7) is 8.29. The summed E-state index contributed by atoms with van der Waals surface area (Å²) in [5.41, 5.74) is 1.59. The molecule has 0 saturated heterocycles. The van der Waals surface area contributed by atoms with Crippen molar-refractivity contribution in [3.8, 4) is 11.5 Å². The quantitative estimate of drug-likeness (QED) is 0.840. The highest BCUT2D eigenvalue weighted by Gasteiger charge is 2.16. The van der Waals surface area contributed by atoms with Crippen LogP contribution in [-0.4, -0.2) is 32.8 Å². The second-order valence-corrected chi connectivity index (χ2v) is 5.38. The van der Waals surface area contributed by atoms with Crippen LogP contribution in [0.3, 0.4) is 0 Å². The van der Waals surface area contributed by atoms with Crippen LogP contribution in [0.15, 0.2) is 12.1 Å². The van der Waals surface area contributed by atoms with E-state index in [1.807, 2.05) is 26.8 Å². The van der Waals surface area contributed by atoms with Crippen molar-refractivity contribution >= 4 is 11.6 Å². The second kappa shape index (κ2) is 7.88. The molecule has 1 N–H and O–H groups in total. The van der Waals surface area contributed by atoms with Gasteiger partial charge in [0, 0.05) is 18.4 Å². The van der Waals surface area contributed by atoms with Crippen molar-refractivity contribution in [3.05, 3.63) is 17.7 Å². The van der Waals surface area contributed by atoms with Gasteiger partial charge in [0.15, 0.2) is 11.5 Å². The monoisotopic (exact) mass is 295 g/mol. The summed E-state index contributed by atoms with van der Waals surface area (Å²) in [5.74, 6) is 1.43. The Morgan fingerprint density at radius 1 is 1.14 bits per heavy atom. The van der Waals surface area contributed by atoms with Crippen LogP contribution in [0.5, 0.6) is 11.5 Å². The number of nitrogens with one attached hydrogen (secondary N) is 1. The van der Waals surface area contributed by atoms with Crippen LogP contribution >= 0.6 is 0 Å². The van der Waals surface area contributed by atoms with E-state index < -0.39 is 6.10 Å². The van der Waals surface area contributed by atoms with Crippen LogP contribution < -0.4 is 14.8 Å². The fourth-order valence-corrected chi connectivity index (χ4v) is 1.76. The van der Waals surface area contributed by atoms with E-state index in [1.54, 1.807) is 27.2 Å². The van der Waals surface area contributed by atoms with E-state index in [4.69, 9.17) is 14.2 Å². The van der Waals surface area contributed by atoms with Gasteiger partial charge in [-0.05, 0) is 31.4 Å². The molecule has 1 aromatic rings. The standard InChI is InChI=1S/C16H25NO4/c1-10(2)9-21-12(4)16(18)17-13-8-15(20-6)14(19-5)7-11(13)3/h7-8,10,12H,9H2,1-6H3,(H,17,18)/t12-/m0/s1. The predicted molar refractivity (Wildman–Crippen MR) is 83.2 cm³/mol. The van der Waals surface area contributed by atoms with Gasteiger partial charge in [-0.25, -0.2) is 0 Å². The lowest BCUT2D eigenvalue weighted by molar-refractivity contribution is -0.126. The molecule has 118 valence electrons. The maximum atomic E-state index is 12.1. The highest BCUT2D eigenvalue weighted by molar-refractivity contribution is 5.95. The number of ether oxygens (including phenoxy) is 3. The second-order valence-electron chi connectivity index (χ2n) is 5.38. The van der Waals surface area contributed by atoms with E-state index in [9.17, 15) is 4.79 Å². The Balaban J connectivity index is 2.80. The van der Waals surface area contributed by atoms with Crippen LogP contribution in [0.4, 0.5) is 5.69 Å². The van der Waals surface area contributed by atoms with Crippen molar-refractivity contribution < 1.29 is 19.0 Å². The summed E-state index contributed by atoms with van der Waals surface area (Å²) in [7, 11) is 3.14. The normalized spacial score (nSPS) is 12.1. The number of methoxy groups -OCH3 is 2. The molecule has 1 atom stereocenters. The van der Waals surface area contributed by atoms with Crippen molar-refractivity contribution in [1.82, 2.24) is 0 Å². The molecule has 0 bridgehead atoms. The molecule has 5 heteroatoms. The Hall–Kier alpha value is -1.75. The van der Waals surface area contributed by atoms with E-state index in [0.717, 1.165) is 5.56 Å². The summed E-state index contributed by atoms with van der Waals surface area (Å²) < 4.78 is 16.0. The Morgan fingerprint density at radius 3 is 2.24 bits per heavy atom. The van der Waals surface area contributed by atoms with E-state index in [-0.39, 0.29) is 5.91 Å². The predicted octanol–water partition coefficient (Wildman–Crippen LogP) is 3.01. The zero-order valence-electron chi connectivity index (χ0n) is 13.6. The van der Waals surface area contributed by atoms with E-state index >= 15 is 0 Å². The average molecular weight is 295 g/mol. The smallest absolute Gasteiger partial charge is 0.253 e. The molecule has 1 aromatic carbocycles. The summed E-state index contributed by atoms with van der Waals surface area (Å²) in [4.78, 5) is 12.1. The number of benzene rings is 1. The zero-order chi connectivity index (χ0) is 16.0. The first-order valence-electron chi connectivity index (χ1n) is 7.04. The first-order valence-corrected chi connectivity index (χ1v) is 7.04. The van der Waals surface area contributed by atoms with Crippen molar-refractivity contribution in [1.29, 1.82) is 0 Å². The molecule has 0 saturated carbocycles. The molecule has 0 aliphatic heterocycles. The zero-order valence-corrected chi connectivity index (χ0v) is 13.6. The minimum atomic E-state index is -0.500. The lowest BCUT2D eigenvalue weighted by Gasteiger charge is -2.17.